The lowest BCUT2D eigenvalue weighted by Crippen LogP contribution is -2.59. The van der Waals surface area contributed by atoms with Crippen LogP contribution < -0.4 is 10.9 Å². The van der Waals surface area contributed by atoms with Crippen molar-refractivity contribution < 1.29 is 9.53 Å². The third-order valence-electron chi connectivity index (χ3n) is 6.46. The molecule has 3 aliphatic rings. The zero-order valence-corrected chi connectivity index (χ0v) is 18.3. The van der Waals surface area contributed by atoms with Gasteiger partial charge in [0.15, 0.2) is 0 Å². The molecule has 2 fully saturated rings. The number of hydrogen-bond acceptors (Lipinski definition) is 7. The van der Waals surface area contributed by atoms with Crippen LogP contribution in [0.25, 0.3) is 10.2 Å². The van der Waals surface area contributed by atoms with E-state index in [1.807, 2.05) is 18.7 Å². The van der Waals surface area contributed by atoms with Crippen molar-refractivity contribution in [3.8, 4) is 0 Å². The molecule has 0 bridgehead atoms. The minimum Gasteiger partial charge on any atom is -0.379 e. The molecule has 0 saturated carbocycles. The zero-order chi connectivity index (χ0) is 20.0. The van der Waals surface area contributed by atoms with Crippen LogP contribution in [-0.2, 0) is 17.7 Å². The molecule has 5 heterocycles. The van der Waals surface area contributed by atoms with Crippen LogP contribution in [0.1, 0.15) is 33.9 Å². The van der Waals surface area contributed by atoms with Gasteiger partial charge >= 0.3 is 0 Å². The molecule has 9 heteroatoms. The Labute approximate surface area is 177 Å². The van der Waals surface area contributed by atoms with Gasteiger partial charge in [0.05, 0.1) is 23.5 Å². The lowest BCUT2D eigenvalue weighted by molar-refractivity contribution is -0.0129. The number of nitrogens with zero attached hydrogens (tertiary/aromatic N) is 3. The fourth-order valence-corrected chi connectivity index (χ4v) is 7.34. The van der Waals surface area contributed by atoms with Gasteiger partial charge in [0, 0.05) is 43.9 Å². The Kier molecular flexibility index (Phi) is 5.18. The molecule has 0 spiro atoms. The number of thioether (sulfide) groups is 1. The molecule has 0 radical (unpaired) electrons. The molecule has 1 amide bonds. The molecule has 0 aliphatic carbocycles. The fourth-order valence-electron chi connectivity index (χ4n) is 4.75. The van der Waals surface area contributed by atoms with Gasteiger partial charge in [-0.15, -0.1) is 11.3 Å². The summed E-state index contributed by atoms with van der Waals surface area (Å²) >= 11 is 3.31. The van der Waals surface area contributed by atoms with Gasteiger partial charge in [-0.2, -0.15) is 11.8 Å². The summed E-state index contributed by atoms with van der Waals surface area (Å²) in [4.78, 5) is 34.5. The van der Waals surface area contributed by atoms with E-state index in [1.54, 1.807) is 4.57 Å². The minimum atomic E-state index is -0.0837. The number of nitrogens with one attached hydrogen (secondary N) is 1. The number of morpholine rings is 1. The van der Waals surface area contributed by atoms with Crippen molar-refractivity contribution in [2.75, 3.05) is 44.4 Å². The molecule has 2 aromatic rings. The van der Waals surface area contributed by atoms with Crippen LogP contribution in [0.2, 0.25) is 0 Å². The van der Waals surface area contributed by atoms with Crippen molar-refractivity contribution in [1.29, 1.82) is 0 Å². The summed E-state index contributed by atoms with van der Waals surface area (Å²) in [5.41, 5.74) is 0.781. The number of carbonyl (C=O) groups excluding carboxylic acids is 1. The van der Waals surface area contributed by atoms with Crippen LogP contribution >= 0.6 is 23.1 Å². The monoisotopic (exact) mass is 434 g/mol. The molecule has 1 N–H and O–H groups in total. The van der Waals surface area contributed by atoms with Crippen LogP contribution in [0.5, 0.6) is 0 Å². The van der Waals surface area contributed by atoms with Gasteiger partial charge in [0.25, 0.3) is 11.5 Å². The Balaban J connectivity index is 1.39. The van der Waals surface area contributed by atoms with Crippen molar-refractivity contribution in [3.63, 3.8) is 0 Å². The van der Waals surface area contributed by atoms with Crippen LogP contribution in [0.4, 0.5) is 0 Å². The van der Waals surface area contributed by atoms with Gasteiger partial charge in [-0.1, -0.05) is 0 Å². The minimum absolute atomic E-state index is 0.00674. The first-order valence-corrected chi connectivity index (χ1v) is 12.3. The van der Waals surface area contributed by atoms with E-state index >= 15 is 0 Å². The predicted molar refractivity (Wildman–Crippen MR) is 116 cm³/mol. The number of hydrogen-bond donors (Lipinski definition) is 1. The number of amides is 1. The second-order valence-electron chi connectivity index (χ2n) is 8.13. The molecular weight excluding hydrogens is 408 g/mol. The quantitative estimate of drug-likeness (QED) is 0.789. The Hall–Kier alpha value is -1.42. The molecule has 0 aromatic carbocycles. The fraction of sp³-hybridized carbons (Fsp3) is 0.650. The summed E-state index contributed by atoms with van der Waals surface area (Å²) in [6.07, 6.45) is 2.88. The standard InChI is InChI=1S/C20H26N4O3S2/c1-13-15-18(22-14-3-2-5-24(14)19(15)26)29-16(13)17(25)21-11-20(4-10-28-12-20)23-6-8-27-9-7-23/h2-12H2,1H3,(H,21,25). The molecule has 29 heavy (non-hydrogen) atoms. The van der Waals surface area contributed by atoms with Crippen molar-refractivity contribution in [2.45, 2.75) is 38.3 Å². The number of fused-ring (bicyclic) bond motifs is 2. The summed E-state index contributed by atoms with van der Waals surface area (Å²) in [5.74, 6) is 2.93. The van der Waals surface area contributed by atoms with Gasteiger partial charge in [-0.25, -0.2) is 4.98 Å². The van der Waals surface area contributed by atoms with Gasteiger partial charge in [-0.05, 0) is 31.1 Å². The number of carbonyl (C=O) groups is 1. The summed E-state index contributed by atoms with van der Waals surface area (Å²) < 4.78 is 7.29. The summed E-state index contributed by atoms with van der Waals surface area (Å²) in [6, 6.07) is 0. The van der Waals surface area contributed by atoms with Crippen LogP contribution in [0.3, 0.4) is 0 Å². The zero-order valence-electron chi connectivity index (χ0n) is 16.7. The van der Waals surface area contributed by atoms with Crippen LogP contribution in [0, 0.1) is 6.92 Å². The third-order valence-corrected chi connectivity index (χ3v) is 8.88. The van der Waals surface area contributed by atoms with Crippen molar-refractivity contribution >= 4 is 39.2 Å². The topological polar surface area (TPSA) is 76.5 Å². The number of aryl methyl sites for hydroxylation is 2. The molecule has 3 aliphatic heterocycles. The van der Waals surface area contributed by atoms with E-state index in [-0.39, 0.29) is 17.0 Å². The van der Waals surface area contributed by atoms with Gasteiger partial charge in [0.2, 0.25) is 0 Å². The first-order chi connectivity index (χ1) is 14.1. The predicted octanol–water partition coefficient (Wildman–Crippen LogP) is 1.65. The highest BCUT2D eigenvalue weighted by atomic mass is 32.2. The maximum absolute atomic E-state index is 13.1. The average molecular weight is 435 g/mol. The third kappa shape index (κ3) is 3.32. The Bertz CT molecular complexity index is 1000. The van der Waals surface area contributed by atoms with E-state index in [2.05, 4.69) is 15.2 Å². The van der Waals surface area contributed by atoms with Crippen molar-refractivity contribution in [1.82, 2.24) is 19.8 Å². The van der Waals surface area contributed by atoms with Gasteiger partial charge in [-0.3, -0.25) is 19.1 Å². The number of aromatic nitrogens is 2. The van der Waals surface area contributed by atoms with Crippen LogP contribution in [-0.4, -0.2) is 70.3 Å². The Morgan fingerprint density at radius 3 is 2.90 bits per heavy atom. The largest absolute Gasteiger partial charge is 0.379 e. The highest BCUT2D eigenvalue weighted by Gasteiger charge is 2.41. The van der Waals surface area contributed by atoms with E-state index < -0.39 is 0 Å². The van der Waals surface area contributed by atoms with E-state index in [0.29, 0.717) is 21.6 Å². The van der Waals surface area contributed by atoms with E-state index in [4.69, 9.17) is 4.74 Å². The molecule has 2 aromatic heterocycles. The Morgan fingerprint density at radius 2 is 2.14 bits per heavy atom. The lowest BCUT2D eigenvalue weighted by atomic mass is 9.95. The second kappa shape index (κ2) is 7.68. The first kappa shape index (κ1) is 19.5. The molecule has 7 nitrogen and oxygen atoms in total. The van der Waals surface area contributed by atoms with Crippen molar-refractivity contribution in [3.05, 3.63) is 26.6 Å². The maximum Gasteiger partial charge on any atom is 0.262 e. The number of thiophene rings is 1. The molecule has 1 atom stereocenters. The van der Waals surface area contributed by atoms with Gasteiger partial charge < -0.3 is 10.1 Å². The van der Waals surface area contributed by atoms with Gasteiger partial charge in [0.1, 0.15) is 10.7 Å². The van der Waals surface area contributed by atoms with Crippen LogP contribution in [0.15, 0.2) is 4.79 Å². The molecule has 156 valence electrons. The Morgan fingerprint density at radius 1 is 1.31 bits per heavy atom. The average Bonchev–Trinajstić information content (AvgIpc) is 3.47. The summed E-state index contributed by atoms with van der Waals surface area (Å²) in [5, 5.41) is 3.81. The lowest BCUT2D eigenvalue weighted by Gasteiger charge is -2.43. The summed E-state index contributed by atoms with van der Waals surface area (Å²) in [7, 11) is 0. The van der Waals surface area contributed by atoms with E-state index in [9.17, 15) is 9.59 Å². The molecular formula is C20H26N4O3S2. The highest BCUT2D eigenvalue weighted by Crippen LogP contribution is 2.34. The maximum atomic E-state index is 13.1. The molecule has 2 saturated heterocycles. The van der Waals surface area contributed by atoms with E-state index in [1.165, 1.54) is 11.3 Å². The van der Waals surface area contributed by atoms with E-state index in [0.717, 1.165) is 75.0 Å². The smallest absolute Gasteiger partial charge is 0.262 e. The SMILES string of the molecule is Cc1c(C(=O)NCC2(N3CCOCC3)CCSC2)sc2nc3n(c(=O)c12)CCC3. The number of rotatable bonds is 4. The second-order valence-corrected chi connectivity index (χ2v) is 10.2. The molecule has 1 unspecified atom stereocenters. The first-order valence-electron chi connectivity index (χ1n) is 10.3. The normalized spacial score (nSPS) is 24.9. The summed E-state index contributed by atoms with van der Waals surface area (Å²) in [6.45, 7) is 6.60. The highest BCUT2D eigenvalue weighted by molar-refractivity contribution is 7.99. The van der Waals surface area contributed by atoms with Crippen molar-refractivity contribution in [2.24, 2.45) is 0 Å². The molecule has 5 rings (SSSR count). The number of ether oxygens (including phenoxy) is 1.